The van der Waals surface area contributed by atoms with Gasteiger partial charge >= 0.3 is 5.97 Å². The van der Waals surface area contributed by atoms with Crippen LogP contribution in [0.4, 0.5) is 10.1 Å². The van der Waals surface area contributed by atoms with Crippen LogP contribution in [0.3, 0.4) is 0 Å². The van der Waals surface area contributed by atoms with Crippen LogP contribution in [0.2, 0.25) is 0 Å². The van der Waals surface area contributed by atoms with Crippen LogP contribution < -0.4 is 9.64 Å². The second-order valence-corrected chi connectivity index (χ2v) is 6.92. The van der Waals surface area contributed by atoms with Crippen LogP contribution >= 0.6 is 0 Å². The Morgan fingerprint density at radius 3 is 2.48 bits per heavy atom. The molecular formula is C22H21FN2O4. The molecule has 0 unspecified atom stereocenters. The Kier molecular flexibility index (Phi) is 5.46. The van der Waals surface area contributed by atoms with Gasteiger partial charge in [-0.05, 0) is 36.4 Å². The summed E-state index contributed by atoms with van der Waals surface area (Å²) in [5, 5.41) is 0. The van der Waals surface area contributed by atoms with Gasteiger partial charge in [-0.1, -0.05) is 18.2 Å². The smallest absolute Gasteiger partial charge is 0.338 e. The van der Waals surface area contributed by atoms with Crippen molar-refractivity contribution < 1.29 is 23.5 Å². The van der Waals surface area contributed by atoms with Gasteiger partial charge in [0.2, 0.25) is 0 Å². The van der Waals surface area contributed by atoms with E-state index in [0.29, 0.717) is 31.8 Å². The fourth-order valence-electron chi connectivity index (χ4n) is 3.41. The third kappa shape index (κ3) is 4.39. The fourth-order valence-corrected chi connectivity index (χ4v) is 3.41. The summed E-state index contributed by atoms with van der Waals surface area (Å²) in [6, 6.07) is 13.7. The maximum Gasteiger partial charge on any atom is 0.338 e. The first-order chi connectivity index (χ1) is 14.1. The van der Waals surface area contributed by atoms with E-state index in [-0.39, 0.29) is 24.9 Å². The van der Waals surface area contributed by atoms with Gasteiger partial charge < -0.3 is 19.3 Å². The Morgan fingerprint density at radius 1 is 1.00 bits per heavy atom. The van der Waals surface area contributed by atoms with Gasteiger partial charge in [0.05, 0.1) is 5.57 Å². The highest BCUT2D eigenvalue weighted by Crippen LogP contribution is 2.26. The van der Waals surface area contributed by atoms with Crippen molar-refractivity contribution in [3.8, 4) is 5.75 Å². The average molecular weight is 396 g/mol. The Hall–Kier alpha value is -3.35. The number of hydrogen-bond donors (Lipinski definition) is 0. The van der Waals surface area contributed by atoms with E-state index in [1.54, 1.807) is 23.1 Å². The topological polar surface area (TPSA) is 59.1 Å². The molecule has 1 fully saturated rings. The van der Waals surface area contributed by atoms with Crippen molar-refractivity contribution in [3.05, 3.63) is 65.5 Å². The molecule has 1 saturated heterocycles. The molecule has 0 radical (unpaired) electrons. The maximum atomic E-state index is 13.1. The van der Waals surface area contributed by atoms with Crippen molar-refractivity contribution in [1.82, 2.24) is 4.90 Å². The third-order valence-corrected chi connectivity index (χ3v) is 5.04. The van der Waals surface area contributed by atoms with Gasteiger partial charge in [-0.25, -0.2) is 9.18 Å². The molecule has 0 spiro atoms. The van der Waals surface area contributed by atoms with Gasteiger partial charge in [0.1, 0.15) is 18.2 Å². The van der Waals surface area contributed by atoms with E-state index in [2.05, 4.69) is 4.90 Å². The van der Waals surface area contributed by atoms with Crippen molar-refractivity contribution >= 4 is 23.6 Å². The predicted molar refractivity (Wildman–Crippen MR) is 106 cm³/mol. The zero-order valence-corrected chi connectivity index (χ0v) is 15.8. The summed E-state index contributed by atoms with van der Waals surface area (Å²) in [7, 11) is 0. The predicted octanol–water partition coefficient (Wildman–Crippen LogP) is 2.49. The van der Waals surface area contributed by atoms with E-state index in [4.69, 9.17) is 9.47 Å². The molecule has 2 heterocycles. The van der Waals surface area contributed by atoms with Crippen LogP contribution in [-0.4, -0.2) is 56.2 Å². The number of nitrogens with zero attached hydrogens (tertiary/aromatic N) is 2. The van der Waals surface area contributed by atoms with E-state index in [9.17, 15) is 14.0 Å². The number of benzene rings is 2. The Labute approximate surface area is 168 Å². The lowest BCUT2D eigenvalue weighted by Crippen LogP contribution is -2.50. The van der Waals surface area contributed by atoms with Crippen LogP contribution in [-0.2, 0) is 14.3 Å². The first-order valence-corrected chi connectivity index (χ1v) is 9.48. The van der Waals surface area contributed by atoms with Crippen molar-refractivity contribution in [2.45, 2.75) is 0 Å². The second-order valence-electron chi connectivity index (χ2n) is 6.92. The van der Waals surface area contributed by atoms with Gasteiger partial charge in [0.15, 0.2) is 6.61 Å². The normalized spacial score (nSPS) is 15.8. The molecule has 29 heavy (non-hydrogen) atoms. The third-order valence-electron chi connectivity index (χ3n) is 5.04. The molecule has 1 amide bonds. The zero-order chi connectivity index (χ0) is 20.2. The number of hydrogen-bond acceptors (Lipinski definition) is 5. The molecule has 150 valence electrons. The number of ether oxygens (including phenoxy) is 2. The van der Waals surface area contributed by atoms with Crippen molar-refractivity contribution in [2.75, 3.05) is 44.3 Å². The highest BCUT2D eigenvalue weighted by atomic mass is 19.1. The summed E-state index contributed by atoms with van der Waals surface area (Å²) in [6.07, 6.45) is 1.73. The van der Waals surface area contributed by atoms with Gasteiger partial charge in [-0.2, -0.15) is 0 Å². The lowest BCUT2D eigenvalue weighted by molar-refractivity contribution is -0.149. The zero-order valence-electron chi connectivity index (χ0n) is 15.8. The molecule has 0 bridgehead atoms. The number of carbonyl (C=O) groups is 2. The minimum Gasteiger partial charge on any atom is -0.488 e. The molecule has 2 aliphatic rings. The van der Waals surface area contributed by atoms with Gasteiger partial charge in [-0.15, -0.1) is 0 Å². The van der Waals surface area contributed by atoms with Gasteiger partial charge in [0.25, 0.3) is 5.91 Å². The standard InChI is InChI=1S/C22H21FN2O4/c23-18-5-7-19(8-6-18)24-9-11-25(12-10-24)21(26)15-29-22(27)17-13-16-3-1-2-4-20(16)28-14-17/h1-8,13H,9-12,14-15H2. The van der Waals surface area contributed by atoms with Crippen LogP contribution in [0.15, 0.2) is 54.1 Å². The molecule has 4 rings (SSSR count). The minimum atomic E-state index is -0.544. The highest BCUT2D eigenvalue weighted by Gasteiger charge is 2.24. The van der Waals surface area contributed by atoms with Gasteiger partial charge in [-0.3, -0.25) is 4.79 Å². The first-order valence-electron chi connectivity index (χ1n) is 9.48. The van der Waals surface area contributed by atoms with Crippen LogP contribution in [0, 0.1) is 5.82 Å². The molecule has 0 aromatic heterocycles. The first kappa shape index (κ1) is 19.0. The van der Waals surface area contributed by atoms with E-state index in [1.807, 2.05) is 24.3 Å². The largest absolute Gasteiger partial charge is 0.488 e. The van der Waals surface area contributed by atoms with Gasteiger partial charge in [0, 0.05) is 37.4 Å². The molecule has 0 aliphatic carbocycles. The summed E-state index contributed by atoms with van der Waals surface area (Å²) < 4.78 is 23.8. The number of halogens is 1. The summed E-state index contributed by atoms with van der Waals surface area (Å²) in [4.78, 5) is 28.5. The molecule has 7 heteroatoms. The number of fused-ring (bicyclic) bond motifs is 1. The SMILES string of the molecule is O=C(OCC(=O)N1CCN(c2ccc(F)cc2)CC1)C1=Cc2ccccc2OC1. The Bertz CT molecular complexity index is 934. The molecule has 6 nitrogen and oxygen atoms in total. The molecule has 2 aromatic carbocycles. The molecule has 0 saturated carbocycles. The van der Waals surface area contributed by atoms with E-state index >= 15 is 0 Å². The van der Waals surface area contributed by atoms with Crippen LogP contribution in [0.25, 0.3) is 6.08 Å². The number of anilines is 1. The summed E-state index contributed by atoms with van der Waals surface area (Å²) in [5.41, 5.74) is 2.13. The molecule has 0 atom stereocenters. The molecule has 2 aromatic rings. The fraction of sp³-hybridized carbons (Fsp3) is 0.273. The quantitative estimate of drug-likeness (QED) is 0.744. The van der Waals surface area contributed by atoms with E-state index in [0.717, 1.165) is 17.0 Å². The van der Waals surface area contributed by atoms with Crippen molar-refractivity contribution in [2.24, 2.45) is 0 Å². The summed E-state index contributed by atoms with van der Waals surface area (Å²) >= 11 is 0. The van der Waals surface area contributed by atoms with Crippen molar-refractivity contribution in [1.29, 1.82) is 0 Å². The summed E-state index contributed by atoms with van der Waals surface area (Å²) in [5.74, 6) is -0.321. The second kappa shape index (κ2) is 8.34. The maximum absolute atomic E-state index is 13.1. The lowest BCUT2D eigenvalue weighted by Gasteiger charge is -2.36. The molecular weight excluding hydrogens is 375 g/mol. The lowest BCUT2D eigenvalue weighted by atomic mass is 10.1. The average Bonchev–Trinajstić information content (AvgIpc) is 2.77. The molecule has 2 aliphatic heterocycles. The number of para-hydroxylation sites is 1. The number of rotatable bonds is 4. The molecule has 0 N–H and O–H groups in total. The van der Waals surface area contributed by atoms with E-state index in [1.165, 1.54) is 12.1 Å². The van der Waals surface area contributed by atoms with E-state index < -0.39 is 5.97 Å². The summed E-state index contributed by atoms with van der Waals surface area (Å²) in [6.45, 7) is 2.15. The minimum absolute atomic E-state index is 0.125. The highest BCUT2D eigenvalue weighted by molar-refractivity contribution is 5.96. The van der Waals surface area contributed by atoms with Crippen LogP contribution in [0.5, 0.6) is 5.75 Å². The monoisotopic (exact) mass is 396 g/mol. The van der Waals surface area contributed by atoms with Crippen LogP contribution in [0.1, 0.15) is 5.56 Å². The number of amides is 1. The van der Waals surface area contributed by atoms with Crippen molar-refractivity contribution in [3.63, 3.8) is 0 Å². The number of esters is 1. The Balaban J connectivity index is 1.27. The number of piperazine rings is 1. The number of carbonyl (C=O) groups excluding carboxylic acids is 2. The Morgan fingerprint density at radius 2 is 1.72 bits per heavy atom.